The van der Waals surface area contributed by atoms with Crippen molar-refractivity contribution in [2.45, 2.75) is 80.1 Å². The summed E-state index contributed by atoms with van der Waals surface area (Å²) < 4.78 is 4.84. The van der Waals surface area contributed by atoms with Gasteiger partial charge in [-0.25, -0.2) is 19.5 Å². The Morgan fingerprint density at radius 1 is 0.667 bits per heavy atom. The molecule has 0 spiro atoms. The molecule has 7 rings (SSSR count). The van der Waals surface area contributed by atoms with Crippen LogP contribution in [0.25, 0.3) is 60.4 Å². The highest BCUT2D eigenvalue weighted by Crippen LogP contribution is 2.46. The lowest BCUT2D eigenvalue weighted by Gasteiger charge is -2.23. The summed E-state index contributed by atoms with van der Waals surface area (Å²) in [5.74, 6) is 2.40. The first kappa shape index (κ1) is 26.8. The fraction of sp³-hybridized carbons (Fsp3) is 0.351. The number of hydrogen-bond donors (Lipinski definition) is 0. The molecule has 0 aliphatic rings. The standard InChI is InChI=1S/C37H40N5/c1-19-13-12-14-25-26(19)29-24(33-38-34(36(5,6)7)40-35(39-33)37(8,9)10)18-23-15-16-41(11)31-27-22(4)20(2)17-21(3)30(27)42(25)32(29)28(23)31/h12-18H,1-11H3/q+1. The average Bonchev–Trinajstić information content (AvgIpc) is 3.26. The number of rotatable bonds is 1. The molecule has 0 aliphatic heterocycles. The first-order chi connectivity index (χ1) is 19.7. The van der Waals surface area contributed by atoms with Crippen molar-refractivity contribution in [1.82, 2.24) is 19.4 Å². The van der Waals surface area contributed by atoms with E-state index in [1.165, 1.54) is 71.3 Å². The van der Waals surface area contributed by atoms with Crippen LogP contribution in [0.4, 0.5) is 0 Å². The van der Waals surface area contributed by atoms with E-state index in [1.54, 1.807) is 0 Å². The Bertz CT molecular complexity index is 2220. The van der Waals surface area contributed by atoms with Crippen molar-refractivity contribution in [3.05, 3.63) is 76.5 Å². The minimum absolute atomic E-state index is 0.213. The van der Waals surface area contributed by atoms with E-state index in [2.05, 4.69) is 128 Å². The molecule has 0 radical (unpaired) electrons. The minimum atomic E-state index is -0.213. The summed E-state index contributed by atoms with van der Waals surface area (Å²) in [4.78, 5) is 15.4. The number of fused-ring (bicyclic) bond motifs is 6. The van der Waals surface area contributed by atoms with Crippen LogP contribution in [0.2, 0.25) is 0 Å². The third-order valence-electron chi connectivity index (χ3n) is 9.05. The fourth-order valence-electron chi connectivity index (χ4n) is 6.80. The lowest BCUT2D eigenvalue weighted by molar-refractivity contribution is -0.643. The van der Waals surface area contributed by atoms with Crippen LogP contribution in [0, 0.1) is 27.7 Å². The Morgan fingerprint density at radius 3 is 1.98 bits per heavy atom. The van der Waals surface area contributed by atoms with Crippen molar-refractivity contribution < 1.29 is 4.57 Å². The SMILES string of the molecule is Cc1cc(C)c2c(c1C)c1c3c(cc[n+]1C)cc(-c1nc(C(C)(C)C)nc(C(C)(C)C)n1)c1c4c(C)cccc4n2c13. The third-order valence-corrected chi connectivity index (χ3v) is 9.05. The second-order valence-electron chi connectivity index (χ2n) is 14.4. The molecule has 0 amide bonds. The normalized spacial score (nSPS) is 13.1. The zero-order valence-corrected chi connectivity index (χ0v) is 26.8. The van der Waals surface area contributed by atoms with Crippen molar-refractivity contribution >= 4 is 49.0 Å². The molecule has 0 saturated heterocycles. The van der Waals surface area contributed by atoms with Gasteiger partial charge >= 0.3 is 0 Å². The minimum Gasteiger partial charge on any atom is -0.307 e. The molecule has 0 bridgehead atoms. The molecule has 5 heteroatoms. The van der Waals surface area contributed by atoms with Crippen LogP contribution < -0.4 is 4.57 Å². The molecule has 0 N–H and O–H groups in total. The lowest BCUT2D eigenvalue weighted by Crippen LogP contribution is -2.29. The largest absolute Gasteiger partial charge is 0.307 e. The van der Waals surface area contributed by atoms with Gasteiger partial charge in [-0.15, -0.1) is 0 Å². The molecule has 0 saturated carbocycles. The van der Waals surface area contributed by atoms with Crippen molar-refractivity contribution in [3.63, 3.8) is 0 Å². The fourth-order valence-corrected chi connectivity index (χ4v) is 6.80. The van der Waals surface area contributed by atoms with Crippen LogP contribution in [0.1, 0.15) is 75.4 Å². The Labute approximate surface area is 247 Å². The van der Waals surface area contributed by atoms with E-state index < -0.39 is 0 Å². The predicted octanol–water partition coefficient (Wildman–Crippen LogP) is 8.50. The van der Waals surface area contributed by atoms with Crippen molar-refractivity contribution in [2.75, 3.05) is 0 Å². The third kappa shape index (κ3) is 3.55. The molecule has 0 unspecified atom stereocenters. The lowest BCUT2D eigenvalue weighted by atomic mass is 9.91. The molecule has 212 valence electrons. The van der Waals surface area contributed by atoms with Gasteiger partial charge in [0.15, 0.2) is 12.0 Å². The highest BCUT2D eigenvalue weighted by Gasteiger charge is 2.30. The molecule has 0 aliphatic carbocycles. The van der Waals surface area contributed by atoms with Gasteiger partial charge < -0.3 is 4.40 Å². The quantitative estimate of drug-likeness (QED) is 0.116. The Hall–Kier alpha value is -4.12. The summed E-state index contributed by atoms with van der Waals surface area (Å²) in [5.41, 5.74) is 10.9. The maximum atomic E-state index is 5.20. The number of pyridine rings is 2. The summed E-state index contributed by atoms with van der Waals surface area (Å²) in [5, 5.41) is 6.30. The van der Waals surface area contributed by atoms with Gasteiger partial charge in [0, 0.05) is 33.2 Å². The van der Waals surface area contributed by atoms with E-state index >= 15 is 0 Å². The van der Waals surface area contributed by atoms with E-state index in [0.29, 0.717) is 0 Å². The van der Waals surface area contributed by atoms with Gasteiger partial charge in [0.2, 0.25) is 5.52 Å². The van der Waals surface area contributed by atoms with Crippen LogP contribution in [0.5, 0.6) is 0 Å². The van der Waals surface area contributed by atoms with Crippen LogP contribution in [-0.2, 0) is 17.9 Å². The number of aromatic nitrogens is 5. The maximum Gasteiger partial charge on any atom is 0.224 e. The smallest absolute Gasteiger partial charge is 0.224 e. The Morgan fingerprint density at radius 2 is 1.33 bits per heavy atom. The molecule has 0 atom stereocenters. The highest BCUT2D eigenvalue weighted by atomic mass is 15.1. The van der Waals surface area contributed by atoms with Crippen LogP contribution in [-0.4, -0.2) is 19.4 Å². The van der Waals surface area contributed by atoms with Crippen molar-refractivity contribution in [2.24, 2.45) is 7.05 Å². The topological polar surface area (TPSA) is 47.0 Å². The average molecular weight is 555 g/mol. The first-order valence-corrected chi connectivity index (χ1v) is 15.0. The monoisotopic (exact) mass is 554 g/mol. The summed E-state index contributed by atoms with van der Waals surface area (Å²) >= 11 is 0. The van der Waals surface area contributed by atoms with Gasteiger partial charge in [0.25, 0.3) is 0 Å². The molecule has 5 nitrogen and oxygen atoms in total. The first-order valence-electron chi connectivity index (χ1n) is 15.0. The van der Waals surface area contributed by atoms with Crippen LogP contribution >= 0.6 is 0 Å². The number of benzene rings is 3. The van der Waals surface area contributed by atoms with Gasteiger partial charge in [0.05, 0.1) is 27.3 Å². The van der Waals surface area contributed by atoms with E-state index in [4.69, 9.17) is 15.0 Å². The van der Waals surface area contributed by atoms with Crippen LogP contribution in [0.3, 0.4) is 0 Å². The van der Waals surface area contributed by atoms with E-state index in [1.807, 2.05) is 0 Å². The summed E-state index contributed by atoms with van der Waals surface area (Å²) in [6.07, 6.45) is 2.20. The highest BCUT2D eigenvalue weighted by molar-refractivity contribution is 6.31. The number of hydrogen-bond acceptors (Lipinski definition) is 3. The molecule has 42 heavy (non-hydrogen) atoms. The Kier molecular flexibility index (Phi) is 5.39. The zero-order chi connectivity index (χ0) is 30.0. The molecule has 4 heterocycles. The summed E-state index contributed by atoms with van der Waals surface area (Å²) in [7, 11) is 2.18. The number of aryl methyl sites for hydroxylation is 5. The summed E-state index contributed by atoms with van der Waals surface area (Å²) in [6, 6.07) is 13.6. The molecule has 4 aromatic heterocycles. The van der Waals surface area contributed by atoms with Crippen molar-refractivity contribution in [3.8, 4) is 11.4 Å². The van der Waals surface area contributed by atoms with Gasteiger partial charge in [-0.3, -0.25) is 0 Å². The zero-order valence-electron chi connectivity index (χ0n) is 26.8. The predicted molar refractivity (Wildman–Crippen MR) is 175 cm³/mol. The van der Waals surface area contributed by atoms with Crippen LogP contribution in [0.15, 0.2) is 42.6 Å². The van der Waals surface area contributed by atoms with E-state index in [0.717, 1.165) is 23.0 Å². The van der Waals surface area contributed by atoms with E-state index in [9.17, 15) is 0 Å². The molecular weight excluding hydrogens is 514 g/mol. The van der Waals surface area contributed by atoms with Crippen molar-refractivity contribution in [1.29, 1.82) is 0 Å². The van der Waals surface area contributed by atoms with Gasteiger partial charge in [-0.2, -0.15) is 0 Å². The second-order valence-corrected chi connectivity index (χ2v) is 14.4. The number of nitrogens with zero attached hydrogens (tertiary/aromatic N) is 5. The van der Waals surface area contributed by atoms with Gasteiger partial charge in [-0.1, -0.05) is 59.7 Å². The summed E-state index contributed by atoms with van der Waals surface area (Å²) in [6.45, 7) is 22.1. The van der Waals surface area contributed by atoms with E-state index in [-0.39, 0.29) is 10.8 Å². The maximum absolute atomic E-state index is 5.20. The van der Waals surface area contributed by atoms with Gasteiger partial charge in [-0.05, 0) is 67.5 Å². The van der Waals surface area contributed by atoms with Gasteiger partial charge in [0.1, 0.15) is 18.7 Å². The Balaban J connectivity index is 1.82. The molecule has 7 aromatic rings. The second kappa shape index (κ2) is 8.47. The molecule has 0 fully saturated rings. The molecule has 3 aromatic carbocycles. The molecular formula is C37H40N5+.